The van der Waals surface area contributed by atoms with Crippen molar-refractivity contribution in [1.29, 1.82) is 0 Å². The van der Waals surface area contributed by atoms with E-state index in [9.17, 15) is 18.0 Å². The topological polar surface area (TPSA) is 149 Å². The third-order valence-corrected chi connectivity index (χ3v) is 4.53. The van der Waals surface area contributed by atoms with Crippen molar-refractivity contribution in [2.45, 2.75) is 19.0 Å². The smallest absolute Gasteiger partial charge is 0.418 e. The quantitative estimate of drug-likeness (QED) is 0.481. The standard InChI is InChI=1S/C15H19N3O8S/c1-2-24-14(19)13-10-4-3-9(25-6-5-16)7-11(10)12-8-17(13)15(20)18(12)26-27(21,22)23/h3-4,7,12-13H,2,5-6,8,16H2,1H3,(H,21,22,23)/t12-,13?/m1/s1. The van der Waals surface area contributed by atoms with Crippen molar-refractivity contribution in [2.75, 3.05) is 26.3 Å². The first-order valence-corrected chi connectivity index (χ1v) is 9.53. The SMILES string of the molecule is CCOC(=O)C1c2ccc(OCCN)cc2[C@H]2CN1C(=O)N2OS(=O)(=O)O. The summed E-state index contributed by atoms with van der Waals surface area (Å²) in [5.74, 6) is -0.226. The summed E-state index contributed by atoms with van der Waals surface area (Å²) in [5, 5.41) is 0.528. The Balaban J connectivity index is 2.06. The van der Waals surface area contributed by atoms with E-state index in [4.69, 9.17) is 19.8 Å². The van der Waals surface area contributed by atoms with Crippen LogP contribution in [0.15, 0.2) is 18.2 Å². The molecule has 12 heteroatoms. The number of urea groups is 1. The molecule has 2 aliphatic heterocycles. The van der Waals surface area contributed by atoms with Crippen molar-refractivity contribution >= 4 is 22.4 Å². The first-order valence-electron chi connectivity index (χ1n) is 8.17. The van der Waals surface area contributed by atoms with Gasteiger partial charge in [0.2, 0.25) is 0 Å². The Morgan fingerprint density at radius 2 is 2.11 bits per heavy atom. The Bertz CT molecular complexity index is 859. The maximum Gasteiger partial charge on any atom is 0.418 e. The van der Waals surface area contributed by atoms with Crippen molar-refractivity contribution in [3.8, 4) is 5.75 Å². The number of rotatable bonds is 7. The number of carbonyl (C=O) groups excluding carboxylic acids is 2. The summed E-state index contributed by atoms with van der Waals surface area (Å²) >= 11 is 0. The number of hydrogen-bond donors (Lipinski definition) is 2. The summed E-state index contributed by atoms with van der Waals surface area (Å²) in [4.78, 5) is 26.2. The fourth-order valence-corrected chi connectivity index (χ4v) is 3.60. The van der Waals surface area contributed by atoms with Crippen LogP contribution < -0.4 is 10.5 Å². The van der Waals surface area contributed by atoms with Crippen molar-refractivity contribution in [1.82, 2.24) is 9.96 Å². The molecule has 2 heterocycles. The van der Waals surface area contributed by atoms with Gasteiger partial charge in [-0.15, -0.1) is 4.28 Å². The normalized spacial score (nSPS) is 21.2. The molecule has 0 aromatic heterocycles. The highest BCUT2D eigenvalue weighted by atomic mass is 32.3. The van der Waals surface area contributed by atoms with Crippen LogP contribution in [0.5, 0.6) is 5.75 Å². The molecule has 1 fully saturated rings. The van der Waals surface area contributed by atoms with Gasteiger partial charge in [-0.1, -0.05) is 6.07 Å². The zero-order valence-corrected chi connectivity index (χ0v) is 15.2. The van der Waals surface area contributed by atoms with Crippen molar-refractivity contribution in [3.05, 3.63) is 29.3 Å². The van der Waals surface area contributed by atoms with Crippen LogP contribution in [-0.2, 0) is 24.2 Å². The average Bonchev–Trinajstić information content (AvgIpc) is 2.86. The van der Waals surface area contributed by atoms with Crippen molar-refractivity contribution in [2.24, 2.45) is 5.73 Å². The highest BCUT2D eigenvalue weighted by molar-refractivity contribution is 7.80. The second-order valence-corrected chi connectivity index (χ2v) is 6.87. The number of hydroxylamine groups is 2. The van der Waals surface area contributed by atoms with Crippen LogP contribution in [0, 0.1) is 0 Å². The number of nitrogens with zero attached hydrogens (tertiary/aromatic N) is 2. The maximum absolute atomic E-state index is 12.6. The number of amides is 2. The molecule has 1 saturated heterocycles. The van der Waals surface area contributed by atoms with E-state index >= 15 is 0 Å². The minimum absolute atomic E-state index is 0.0226. The highest BCUT2D eigenvalue weighted by Gasteiger charge is 2.52. The molecule has 1 aromatic carbocycles. The second kappa shape index (κ2) is 7.31. The van der Waals surface area contributed by atoms with Gasteiger partial charge < -0.3 is 20.1 Å². The molecule has 27 heavy (non-hydrogen) atoms. The Morgan fingerprint density at radius 3 is 2.74 bits per heavy atom. The lowest BCUT2D eigenvalue weighted by Crippen LogP contribution is -2.39. The number of fused-ring (bicyclic) bond motifs is 4. The fraction of sp³-hybridized carbons (Fsp3) is 0.467. The number of carbonyl (C=O) groups is 2. The fourth-order valence-electron chi connectivity index (χ4n) is 3.22. The van der Waals surface area contributed by atoms with E-state index in [1.165, 1.54) is 0 Å². The molecule has 3 N–H and O–H groups in total. The van der Waals surface area contributed by atoms with E-state index in [0.717, 1.165) is 4.90 Å². The minimum atomic E-state index is -4.94. The van der Waals surface area contributed by atoms with Gasteiger partial charge in [0, 0.05) is 6.54 Å². The van der Waals surface area contributed by atoms with Gasteiger partial charge in [-0.3, -0.25) is 4.55 Å². The van der Waals surface area contributed by atoms with Gasteiger partial charge in [-0.05, 0) is 30.2 Å². The number of hydrogen-bond acceptors (Lipinski definition) is 8. The van der Waals surface area contributed by atoms with Gasteiger partial charge in [-0.25, -0.2) is 9.59 Å². The van der Waals surface area contributed by atoms with Crippen LogP contribution in [0.3, 0.4) is 0 Å². The summed E-state index contributed by atoms with van der Waals surface area (Å²) in [5.41, 5.74) is 6.33. The van der Waals surface area contributed by atoms with Crippen molar-refractivity contribution < 1.29 is 36.3 Å². The van der Waals surface area contributed by atoms with Crippen LogP contribution in [0.1, 0.15) is 30.1 Å². The summed E-state index contributed by atoms with van der Waals surface area (Å²) < 4.78 is 46.3. The molecule has 0 saturated carbocycles. The monoisotopic (exact) mass is 401 g/mol. The summed E-state index contributed by atoms with van der Waals surface area (Å²) in [6.45, 7) is 2.26. The van der Waals surface area contributed by atoms with E-state index < -0.39 is 34.5 Å². The summed E-state index contributed by atoms with van der Waals surface area (Å²) in [6.07, 6.45) is 0. The van der Waals surface area contributed by atoms with E-state index in [0.29, 0.717) is 21.9 Å². The van der Waals surface area contributed by atoms with Gasteiger partial charge in [-0.2, -0.15) is 13.5 Å². The Labute approximate surface area is 155 Å². The van der Waals surface area contributed by atoms with E-state index in [1.54, 1.807) is 25.1 Å². The summed E-state index contributed by atoms with van der Waals surface area (Å²) in [7, 11) is -4.94. The van der Waals surface area contributed by atoms with E-state index in [2.05, 4.69) is 4.28 Å². The molecule has 2 bridgehead atoms. The van der Waals surface area contributed by atoms with Crippen LogP contribution in [-0.4, -0.2) is 61.2 Å². The third-order valence-electron chi connectivity index (χ3n) is 4.18. The second-order valence-electron chi connectivity index (χ2n) is 5.86. The molecular weight excluding hydrogens is 382 g/mol. The lowest BCUT2D eigenvalue weighted by Gasteiger charge is -2.31. The van der Waals surface area contributed by atoms with E-state index in [1.807, 2.05) is 0 Å². The van der Waals surface area contributed by atoms with Gasteiger partial charge in [0.1, 0.15) is 18.4 Å². The molecule has 0 aliphatic carbocycles. The number of esters is 1. The molecular formula is C15H19N3O8S. The van der Waals surface area contributed by atoms with Crippen LogP contribution >= 0.6 is 0 Å². The predicted octanol–water partition coefficient (Wildman–Crippen LogP) is 0.155. The number of nitrogens with two attached hydrogens (primary N) is 1. The molecule has 1 aromatic rings. The molecule has 2 amide bonds. The van der Waals surface area contributed by atoms with Gasteiger partial charge in [0.05, 0.1) is 13.2 Å². The molecule has 1 unspecified atom stereocenters. The first kappa shape index (κ1) is 19.4. The predicted molar refractivity (Wildman–Crippen MR) is 89.7 cm³/mol. The molecule has 0 spiro atoms. The van der Waals surface area contributed by atoms with Crippen LogP contribution in [0.2, 0.25) is 0 Å². The lowest BCUT2D eigenvalue weighted by atomic mass is 9.91. The summed E-state index contributed by atoms with van der Waals surface area (Å²) in [6, 6.07) is 2.00. The van der Waals surface area contributed by atoms with Gasteiger partial charge in [0.15, 0.2) is 6.04 Å². The van der Waals surface area contributed by atoms with Crippen LogP contribution in [0.25, 0.3) is 0 Å². The zero-order chi connectivity index (χ0) is 19.8. The van der Waals surface area contributed by atoms with Crippen LogP contribution in [0.4, 0.5) is 4.79 Å². The molecule has 11 nitrogen and oxygen atoms in total. The Kier molecular flexibility index (Phi) is 5.24. The van der Waals surface area contributed by atoms with Crippen molar-refractivity contribution in [3.63, 3.8) is 0 Å². The number of benzene rings is 1. The Morgan fingerprint density at radius 1 is 1.37 bits per heavy atom. The number of ether oxygens (including phenoxy) is 2. The third kappa shape index (κ3) is 3.69. The molecule has 3 rings (SSSR count). The lowest BCUT2D eigenvalue weighted by molar-refractivity contribution is -0.148. The highest BCUT2D eigenvalue weighted by Crippen LogP contribution is 2.45. The minimum Gasteiger partial charge on any atom is -0.492 e. The molecule has 2 atom stereocenters. The zero-order valence-electron chi connectivity index (χ0n) is 14.4. The van der Waals surface area contributed by atoms with E-state index in [-0.39, 0.29) is 26.3 Å². The molecule has 148 valence electrons. The molecule has 0 radical (unpaired) electrons. The van der Waals surface area contributed by atoms with Gasteiger partial charge >= 0.3 is 22.4 Å². The maximum atomic E-state index is 12.6. The average molecular weight is 401 g/mol. The first-order chi connectivity index (χ1) is 12.8. The largest absolute Gasteiger partial charge is 0.492 e. The van der Waals surface area contributed by atoms with Gasteiger partial charge in [0.25, 0.3) is 0 Å². The Hall–Kier alpha value is -2.41. The molecule has 2 aliphatic rings.